The zero-order valence-electron chi connectivity index (χ0n) is 13.2. The molecule has 2 aromatic rings. The van der Waals surface area contributed by atoms with E-state index in [-0.39, 0.29) is 23.7 Å². The van der Waals surface area contributed by atoms with Crippen LogP contribution in [0.15, 0.2) is 24.3 Å². The highest BCUT2D eigenvalue weighted by Gasteiger charge is 2.24. The number of nitrogens with two attached hydrogens (primary N) is 1. The number of anilines is 4. The van der Waals surface area contributed by atoms with Crippen LogP contribution < -0.4 is 16.4 Å². The molecule has 25 heavy (non-hydrogen) atoms. The fourth-order valence-electron chi connectivity index (χ4n) is 2.53. The molecule has 0 saturated carbocycles. The highest BCUT2D eigenvalue weighted by atomic mass is 19.1. The van der Waals surface area contributed by atoms with E-state index in [0.29, 0.717) is 18.8 Å². The zero-order valence-corrected chi connectivity index (χ0v) is 13.2. The lowest BCUT2D eigenvalue weighted by Crippen LogP contribution is -2.20. The van der Waals surface area contributed by atoms with E-state index in [0.717, 1.165) is 12.8 Å². The molecule has 132 valence electrons. The maximum Gasteiger partial charge on any atom is 0.353 e. The van der Waals surface area contributed by atoms with Crippen molar-refractivity contribution in [3.63, 3.8) is 0 Å². The van der Waals surface area contributed by atoms with Crippen molar-refractivity contribution in [3.05, 3.63) is 40.2 Å². The van der Waals surface area contributed by atoms with Gasteiger partial charge in [-0.15, -0.1) is 0 Å². The maximum atomic E-state index is 13.3. The van der Waals surface area contributed by atoms with E-state index < -0.39 is 16.4 Å². The summed E-state index contributed by atoms with van der Waals surface area (Å²) < 4.78 is 18.8. The molecule has 10 heteroatoms. The zero-order chi connectivity index (χ0) is 17.8. The predicted molar refractivity (Wildman–Crippen MR) is 90.2 cm³/mol. The highest BCUT2D eigenvalue weighted by molar-refractivity contribution is 5.74. The van der Waals surface area contributed by atoms with Gasteiger partial charge in [0.2, 0.25) is 17.6 Å². The Kier molecular flexibility index (Phi) is 4.89. The molecule has 1 fully saturated rings. The first kappa shape index (κ1) is 16.8. The molecule has 0 unspecified atom stereocenters. The molecule has 0 bridgehead atoms. The van der Waals surface area contributed by atoms with E-state index in [4.69, 9.17) is 10.5 Å². The second-order valence-corrected chi connectivity index (χ2v) is 5.54. The van der Waals surface area contributed by atoms with Gasteiger partial charge in [-0.1, -0.05) is 6.07 Å². The molecule has 0 aliphatic carbocycles. The van der Waals surface area contributed by atoms with Crippen LogP contribution >= 0.6 is 0 Å². The third kappa shape index (κ3) is 4.10. The van der Waals surface area contributed by atoms with Crippen molar-refractivity contribution >= 4 is 29.0 Å². The Labute approximate surface area is 142 Å². The summed E-state index contributed by atoms with van der Waals surface area (Å²) in [4.78, 5) is 18.6. The Balaban J connectivity index is 1.86. The Bertz CT molecular complexity index is 782. The van der Waals surface area contributed by atoms with Crippen LogP contribution in [0.25, 0.3) is 0 Å². The number of hydrogen-bond donors (Lipinski definition) is 3. The quantitative estimate of drug-likeness (QED) is 0.536. The summed E-state index contributed by atoms with van der Waals surface area (Å²) in [6.07, 6.45) is 1.95. The Hall–Kier alpha value is -3.01. The van der Waals surface area contributed by atoms with Crippen LogP contribution in [0.3, 0.4) is 0 Å². The summed E-state index contributed by atoms with van der Waals surface area (Å²) in [6.45, 7) is 1.18. The van der Waals surface area contributed by atoms with Crippen molar-refractivity contribution < 1.29 is 14.1 Å². The number of nitrogens with zero attached hydrogens (tertiary/aromatic N) is 3. The van der Waals surface area contributed by atoms with E-state index in [9.17, 15) is 14.5 Å². The van der Waals surface area contributed by atoms with Crippen LogP contribution in [0, 0.1) is 15.9 Å². The third-order valence-corrected chi connectivity index (χ3v) is 3.69. The van der Waals surface area contributed by atoms with Gasteiger partial charge in [-0.3, -0.25) is 10.1 Å². The summed E-state index contributed by atoms with van der Waals surface area (Å²) >= 11 is 0. The van der Waals surface area contributed by atoms with E-state index in [1.54, 1.807) is 6.07 Å². The Morgan fingerprint density at radius 2 is 2.28 bits per heavy atom. The number of benzene rings is 1. The molecule has 1 aliphatic rings. The van der Waals surface area contributed by atoms with Gasteiger partial charge in [0.1, 0.15) is 5.82 Å². The topological polar surface area (TPSA) is 128 Å². The molecule has 2 heterocycles. The molecule has 0 spiro atoms. The second kappa shape index (κ2) is 7.26. The van der Waals surface area contributed by atoms with Gasteiger partial charge in [-0.2, -0.15) is 9.97 Å². The first-order valence-corrected chi connectivity index (χ1v) is 7.73. The van der Waals surface area contributed by atoms with Crippen LogP contribution in [0.2, 0.25) is 0 Å². The molecule has 1 saturated heterocycles. The number of halogens is 1. The molecular weight excluding hydrogens is 331 g/mol. The van der Waals surface area contributed by atoms with Gasteiger partial charge in [0, 0.05) is 18.8 Å². The van der Waals surface area contributed by atoms with Crippen molar-refractivity contribution in [1.82, 2.24) is 9.97 Å². The van der Waals surface area contributed by atoms with Crippen LogP contribution in [0.4, 0.5) is 33.3 Å². The Morgan fingerprint density at radius 1 is 1.44 bits per heavy atom. The molecule has 0 radical (unpaired) electrons. The molecular formula is C15H17FN6O3. The van der Waals surface area contributed by atoms with Crippen molar-refractivity contribution in [2.24, 2.45) is 0 Å². The molecule has 1 aromatic carbocycles. The average Bonchev–Trinajstić information content (AvgIpc) is 3.05. The molecule has 4 N–H and O–H groups in total. The number of nitrogen functional groups attached to an aromatic ring is 1. The van der Waals surface area contributed by atoms with Crippen molar-refractivity contribution in [1.29, 1.82) is 0 Å². The van der Waals surface area contributed by atoms with Gasteiger partial charge in [0.05, 0.1) is 11.0 Å². The van der Waals surface area contributed by atoms with Crippen LogP contribution in [-0.4, -0.2) is 34.1 Å². The summed E-state index contributed by atoms with van der Waals surface area (Å²) in [7, 11) is 0. The van der Waals surface area contributed by atoms with E-state index in [1.165, 1.54) is 18.2 Å². The highest BCUT2D eigenvalue weighted by Crippen LogP contribution is 2.31. The summed E-state index contributed by atoms with van der Waals surface area (Å²) in [5.74, 6) is -0.740. The molecule has 1 atom stereocenters. The minimum absolute atomic E-state index is 0.0413. The minimum atomic E-state index is -0.680. The maximum absolute atomic E-state index is 13.3. The van der Waals surface area contributed by atoms with E-state index >= 15 is 0 Å². The minimum Gasteiger partial charge on any atom is -0.378 e. The average molecular weight is 348 g/mol. The van der Waals surface area contributed by atoms with E-state index in [2.05, 4.69) is 20.6 Å². The lowest BCUT2D eigenvalue weighted by atomic mass is 10.2. The fraction of sp³-hybridized carbons (Fsp3) is 0.333. The standard InChI is InChI=1S/C15H17FN6O3/c16-9-3-1-4-10(7-9)19-14-12(22(23)24)13(17)20-15(21-14)18-8-11-5-2-6-25-11/h1,3-4,7,11H,2,5-6,8H2,(H4,17,18,19,20,21)/t11-/m1/s1. The number of aromatic nitrogens is 2. The van der Waals surface area contributed by atoms with Crippen LogP contribution in [0.5, 0.6) is 0 Å². The molecule has 9 nitrogen and oxygen atoms in total. The predicted octanol–water partition coefficient (Wildman–Crippen LogP) is 2.44. The van der Waals surface area contributed by atoms with Gasteiger partial charge in [-0.05, 0) is 31.0 Å². The normalized spacial score (nSPS) is 16.6. The first-order chi connectivity index (χ1) is 12.0. The Morgan fingerprint density at radius 3 is 2.96 bits per heavy atom. The number of nitrogens with one attached hydrogen (secondary N) is 2. The monoisotopic (exact) mass is 348 g/mol. The van der Waals surface area contributed by atoms with Crippen molar-refractivity contribution in [2.45, 2.75) is 18.9 Å². The largest absolute Gasteiger partial charge is 0.378 e. The van der Waals surface area contributed by atoms with Gasteiger partial charge < -0.3 is 21.1 Å². The summed E-state index contributed by atoms with van der Waals surface area (Å²) in [6, 6.07) is 5.50. The van der Waals surface area contributed by atoms with Gasteiger partial charge in [0.15, 0.2) is 0 Å². The lowest BCUT2D eigenvalue weighted by Gasteiger charge is -2.13. The second-order valence-electron chi connectivity index (χ2n) is 5.54. The fourth-order valence-corrected chi connectivity index (χ4v) is 2.53. The molecule has 0 amide bonds. The van der Waals surface area contributed by atoms with Crippen molar-refractivity contribution in [3.8, 4) is 0 Å². The van der Waals surface area contributed by atoms with Crippen LogP contribution in [0.1, 0.15) is 12.8 Å². The van der Waals surface area contributed by atoms with E-state index in [1.807, 2.05) is 0 Å². The first-order valence-electron chi connectivity index (χ1n) is 7.73. The number of ether oxygens (including phenoxy) is 1. The number of hydrogen-bond acceptors (Lipinski definition) is 8. The third-order valence-electron chi connectivity index (χ3n) is 3.69. The number of nitro groups is 1. The number of rotatable bonds is 6. The van der Waals surface area contributed by atoms with Gasteiger partial charge >= 0.3 is 5.69 Å². The summed E-state index contributed by atoms with van der Waals surface area (Å²) in [5, 5.41) is 17.0. The van der Waals surface area contributed by atoms with Crippen LogP contribution in [-0.2, 0) is 4.74 Å². The SMILES string of the molecule is Nc1nc(NC[C@H]2CCCO2)nc(Nc2cccc(F)c2)c1[N+](=O)[O-]. The molecule has 3 rings (SSSR count). The summed E-state index contributed by atoms with van der Waals surface area (Å²) in [5.41, 5.74) is 5.56. The molecule has 1 aliphatic heterocycles. The van der Waals surface area contributed by atoms with Crippen molar-refractivity contribution in [2.75, 3.05) is 29.5 Å². The molecule has 1 aromatic heterocycles. The smallest absolute Gasteiger partial charge is 0.353 e. The van der Waals surface area contributed by atoms with Gasteiger partial charge in [0.25, 0.3) is 0 Å². The van der Waals surface area contributed by atoms with Gasteiger partial charge in [-0.25, -0.2) is 4.39 Å². The lowest BCUT2D eigenvalue weighted by molar-refractivity contribution is -0.383.